The maximum Gasteiger partial charge on any atom is 0.00672 e. The molecule has 0 aliphatic heterocycles. The minimum atomic E-state index is 0.759. The lowest BCUT2D eigenvalue weighted by atomic mass is 9.75. The molecule has 2 fully saturated rings. The zero-order chi connectivity index (χ0) is 9.10. The number of nitrogens with two attached hydrogens (primary N) is 1. The molecule has 2 aliphatic carbocycles. The SMILES string of the molecule is NCC(CNC1CCC1)C1CCC1. The zero-order valence-electron chi connectivity index (χ0n) is 8.47. The van der Waals surface area contributed by atoms with Crippen LogP contribution < -0.4 is 11.1 Å². The molecule has 2 aliphatic rings. The summed E-state index contributed by atoms with van der Waals surface area (Å²) in [6, 6.07) is 0.828. The molecule has 2 rings (SSSR count). The van der Waals surface area contributed by atoms with Crippen molar-refractivity contribution in [1.82, 2.24) is 5.32 Å². The second kappa shape index (κ2) is 4.43. The Labute approximate surface area is 81.3 Å². The average Bonchev–Trinajstić information content (AvgIpc) is 1.96. The van der Waals surface area contributed by atoms with Gasteiger partial charge in [0.2, 0.25) is 0 Å². The smallest absolute Gasteiger partial charge is 0.00672 e. The fraction of sp³-hybridized carbons (Fsp3) is 1.00. The minimum absolute atomic E-state index is 0.759. The van der Waals surface area contributed by atoms with Crippen molar-refractivity contribution < 1.29 is 0 Å². The van der Waals surface area contributed by atoms with Gasteiger partial charge < -0.3 is 11.1 Å². The predicted octanol–water partition coefficient (Wildman–Crippen LogP) is 1.50. The van der Waals surface area contributed by atoms with E-state index in [2.05, 4.69) is 5.32 Å². The van der Waals surface area contributed by atoms with Gasteiger partial charge in [-0.2, -0.15) is 0 Å². The summed E-state index contributed by atoms with van der Waals surface area (Å²) in [4.78, 5) is 0. The van der Waals surface area contributed by atoms with Crippen molar-refractivity contribution in [3.8, 4) is 0 Å². The molecule has 0 aromatic carbocycles. The van der Waals surface area contributed by atoms with E-state index in [-0.39, 0.29) is 0 Å². The van der Waals surface area contributed by atoms with Crippen LogP contribution in [0.15, 0.2) is 0 Å². The summed E-state index contributed by atoms with van der Waals surface area (Å²) < 4.78 is 0. The Kier molecular flexibility index (Phi) is 3.23. The van der Waals surface area contributed by atoms with Crippen LogP contribution in [0.3, 0.4) is 0 Å². The molecule has 1 unspecified atom stereocenters. The number of rotatable bonds is 5. The van der Waals surface area contributed by atoms with Crippen molar-refractivity contribution in [2.24, 2.45) is 17.6 Å². The topological polar surface area (TPSA) is 38.0 Å². The molecular weight excluding hydrogens is 160 g/mol. The molecule has 2 saturated carbocycles. The Morgan fingerprint density at radius 2 is 1.85 bits per heavy atom. The van der Waals surface area contributed by atoms with Crippen LogP contribution in [-0.2, 0) is 0 Å². The van der Waals surface area contributed by atoms with Crippen molar-refractivity contribution in [3.63, 3.8) is 0 Å². The third kappa shape index (κ3) is 2.23. The van der Waals surface area contributed by atoms with Crippen LogP contribution >= 0.6 is 0 Å². The van der Waals surface area contributed by atoms with Gasteiger partial charge in [0.1, 0.15) is 0 Å². The van der Waals surface area contributed by atoms with Gasteiger partial charge in [-0.15, -0.1) is 0 Å². The summed E-state index contributed by atoms with van der Waals surface area (Å²) in [5.74, 6) is 1.70. The quantitative estimate of drug-likeness (QED) is 0.676. The van der Waals surface area contributed by atoms with E-state index in [1.54, 1.807) is 0 Å². The lowest BCUT2D eigenvalue weighted by Gasteiger charge is -2.35. The van der Waals surface area contributed by atoms with E-state index >= 15 is 0 Å². The second-order valence-corrected chi connectivity index (χ2v) is 4.72. The summed E-state index contributed by atoms with van der Waals surface area (Å²) in [6.07, 6.45) is 8.49. The highest BCUT2D eigenvalue weighted by Gasteiger charge is 2.27. The Balaban J connectivity index is 1.64. The lowest BCUT2D eigenvalue weighted by Crippen LogP contribution is -2.43. The molecule has 3 N–H and O–H groups in total. The Morgan fingerprint density at radius 1 is 1.15 bits per heavy atom. The molecular formula is C11H22N2. The first-order chi connectivity index (χ1) is 6.40. The van der Waals surface area contributed by atoms with E-state index in [1.165, 1.54) is 45.1 Å². The summed E-state index contributed by atoms with van der Waals surface area (Å²) >= 11 is 0. The molecule has 0 heterocycles. The monoisotopic (exact) mass is 182 g/mol. The van der Waals surface area contributed by atoms with Crippen LogP contribution in [0.25, 0.3) is 0 Å². The van der Waals surface area contributed by atoms with E-state index in [0.29, 0.717) is 0 Å². The maximum absolute atomic E-state index is 5.79. The number of nitrogens with one attached hydrogen (secondary N) is 1. The highest BCUT2D eigenvalue weighted by molar-refractivity contribution is 4.83. The van der Waals surface area contributed by atoms with E-state index < -0.39 is 0 Å². The molecule has 0 bridgehead atoms. The summed E-state index contributed by atoms with van der Waals surface area (Å²) in [6.45, 7) is 2.05. The summed E-state index contributed by atoms with van der Waals surface area (Å²) in [7, 11) is 0. The van der Waals surface area contributed by atoms with Crippen molar-refractivity contribution in [1.29, 1.82) is 0 Å². The lowest BCUT2D eigenvalue weighted by molar-refractivity contribution is 0.192. The van der Waals surface area contributed by atoms with Crippen molar-refractivity contribution in [3.05, 3.63) is 0 Å². The van der Waals surface area contributed by atoms with Gasteiger partial charge in [0.25, 0.3) is 0 Å². The maximum atomic E-state index is 5.79. The summed E-state index contributed by atoms with van der Waals surface area (Å²) in [5, 5.41) is 3.64. The third-order valence-electron chi connectivity index (χ3n) is 3.89. The van der Waals surface area contributed by atoms with Gasteiger partial charge in [-0.3, -0.25) is 0 Å². The third-order valence-corrected chi connectivity index (χ3v) is 3.89. The highest BCUT2D eigenvalue weighted by atomic mass is 14.9. The minimum Gasteiger partial charge on any atom is -0.330 e. The molecule has 0 radical (unpaired) electrons. The molecule has 0 saturated heterocycles. The van der Waals surface area contributed by atoms with Gasteiger partial charge in [-0.05, 0) is 37.8 Å². The van der Waals surface area contributed by atoms with Gasteiger partial charge >= 0.3 is 0 Å². The Bertz CT molecular complexity index is 150. The van der Waals surface area contributed by atoms with Crippen molar-refractivity contribution in [2.45, 2.75) is 44.6 Å². The molecule has 0 amide bonds. The molecule has 0 spiro atoms. The standard InChI is InChI=1S/C11H22N2/c12-7-10(9-3-1-4-9)8-13-11-5-2-6-11/h9-11,13H,1-8,12H2. The molecule has 1 atom stereocenters. The van der Waals surface area contributed by atoms with E-state index in [4.69, 9.17) is 5.73 Å². The Morgan fingerprint density at radius 3 is 2.23 bits per heavy atom. The number of hydrogen-bond donors (Lipinski definition) is 2. The normalized spacial score (nSPS) is 26.5. The van der Waals surface area contributed by atoms with Gasteiger partial charge in [0.05, 0.1) is 0 Å². The average molecular weight is 182 g/mol. The molecule has 76 valence electrons. The Hall–Kier alpha value is -0.0800. The van der Waals surface area contributed by atoms with Crippen LogP contribution in [0.5, 0.6) is 0 Å². The second-order valence-electron chi connectivity index (χ2n) is 4.72. The molecule has 0 aromatic heterocycles. The number of hydrogen-bond acceptors (Lipinski definition) is 2. The van der Waals surface area contributed by atoms with Gasteiger partial charge in [0, 0.05) is 6.04 Å². The van der Waals surface area contributed by atoms with E-state index in [9.17, 15) is 0 Å². The first kappa shape index (κ1) is 9.47. The predicted molar refractivity (Wildman–Crippen MR) is 55.5 cm³/mol. The molecule has 13 heavy (non-hydrogen) atoms. The van der Waals surface area contributed by atoms with Crippen LogP contribution in [0, 0.1) is 11.8 Å². The fourth-order valence-electron chi connectivity index (χ4n) is 2.28. The molecule has 2 heteroatoms. The van der Waals surface area contributed by atoms with Crippen molar-refractivity contribution >= 4 is 0 Å². The van der Waals surface area contributed by atoms with Gasteiger partial charge in [0.15, 0.2) is 0 Å². The summed E-state index contributed by atoms with van der Waals surface area (Å²) in [5.41, 5.74) is 5.79. The van der Waals surface area contributed by atoms with E-state index in [0.717, 1.165) is 24.4 Å². The zero-order valence-corrected chi connectivity index (χ0v) is 8.47. The van der Waals surface area contributed by atoms with Gasteiger partial charge in [-0.1, -0.05) is 25.7 Å². The van der Waals surface area contributed by atoms with E-state index in [1.807, 2.05) is 0 Å². The molecule has 2 nitrogen and oxygen atoms in total. The first-order valence-corrected chi connectivity index (χ1v) is 5.83. The first-order valence-electron chi connectivity index (χ1n) is 5.83. The fourth-order valence-corrected chi connectivity index (χ4v) is 2.28. The van der Waals surface area contributed by atoms with Crippen LogP contribution in [0.1, 0.15) is 38.5 Å². The molecule has 0 aromatic rings. The van der Waals surface area contributed by atoms with Crippen LogP contribution in [0.4, 0.5) is 0 Å². The van der Waals surface area contributed by atoms with Gasteiger partial charge in [-0.25, -0.2) is 0 Å². The highest BCUT2D eigenvalue weighted by Crippen LogP contribution is 2.33. The van der Waals surface area contributed by atoms with Crippen LogP contribution in [-0.4, -0.2) is 19.1 Å². The largest absolute Gasteiger partial charge is 0.330 e. The van der Waals surface area contributed by atoms with Crippen molar-refractivity contribution in [2.75, 3.05) is 13.1 Å². The van der Waals surface area contributed by atoms with Crippen LogP contribution in [0.2, 0.25) is 0 Å².